The van der Waals surface area contributed by atoms with Crippen molar-refractivity contribution in [1.29, 1.82) is 0 Å². The molecule has 0 fully saturated rings. The molecule has 1 rings (SSSR count). The van der Waals surface area contributed by atoms with Gasteiger partial charge in [0, 0.05) is 11.5 Å². The molecule has 1 aromatic carbocycles. The molecule has 17 heavy (non-hydrogen) atoms. The number of ketones is 1. The van der Waals surface area contributed by atoms with Crippen LogP contribution in [-0.2, 0) is 6.42 Å². The lowest BCUT2D eigenvalue weighted by molar-refractivity contribution is 0.0856. The third-order valence-corrected chi connectivity index (χ3v) is 3.03. The number of rotatable bonds is 6. The molecule has 0 spiro atoms. The quantitative estimate of drug-likeness (QED) is 0.772. The molecule has 0 bridgehead atoms. The van der Waals surface area contributed by atoms with Crippen LogP contribution in [0.2, 0.25) is 0 Å². The molecule has 1 N–H and O–H groups in total. The van der Waals surface area contributed by atoms with E-state index in [1.165, 1.54) is 0 Å². The summed E-state index contributed by atoms with van der Waals surface area (Å²) >= 11 is 0. The molecule has 1 aromatic rings. The number of hydrogen-bond donors (Lipinski definition) is 1. The summed E-state index contributed by atoms with van der Waals surface area (Å²) in [6, 6.07) is 5.44. The molecule has 0 radical (unpaired) electrons. The van der Waals surface area contributed by atoms with Gasteiger partial charge in [-0.15, -0.1) is 0 Å². The van der Waals surface area contributed by atoms with Gasteiger partial charge in [-0.1, -0.05) is 13.8 Å². The molecule has 1 unspecified atom stereocenters. The summed E-state index contributed by atoms with van der Waals surface area (Å²) in [5, 5.41) is 9.14. The average Bonchev–Trinajstić information content (AvgIpc) is 2.39. The second kappa shape index (κ2) is 6.40. The first-order chi connectivity index (χ1) is 8.17. The molecule has 0 aliphatic rings. The number of aliphatic hydroxyl groups excluding tert-OH is 1. The summed E-state index contributed by atoms with van der Waals surface area (Å²) in [7, 11) is 1.62. The Labute approximate surface area is 102 Å². The van der Waals surface area contributed by atoms with Gasteiger partial charge in [0.15, 0.2) is 5.78 Å². The van der Waals surface area contributed by atoms with Crippen molar-refractivity contribution in [3.05, 3.63) is 29.3 Å². The van der Waals surface area contributed by atoms with Gasteiger partial charge in [-0.05, 0) is 36.6 Å². The maximum Gasteiger partial charge on any atom is 0.168 e. The second-order valence-electron chi connectivity index (χ2n) is 4.03. The van der Waals surface area contributed by atoms with Gasteiger partial charge in [-0.25, -0.2) is 0 Å². The predicted octanol–water partition coefficient (Wildman–Crippen LogP) is 2.46. The highest BCUT2D eigenvalue weighted by Crippen LogP contribution is 2.22. The first kappa shape index (κ1) is 13.7. The number of aryl methyl sites for hydroxylation is 1. The zero-order valence-corrected chi connectivity index (χ0v) is 10.7. The first-order valence-corrected chi connectivity index (χ1v) is 5.99. The van der Waals surface area contributed by atoms with Crippen molar-refractivity contribution in [2.75, 3.05) is 13.7 Å². The Morgan fingerprint density at radius 2 is 2.12 bits per heavy atom. The Kier molecular flexibility index (Phi) is 5.16. The third-order valence-electron chi connectivity index (χ3n) is 3.03. The molecule has 0 aliphatic carbocycles. The number of benzene rings is 1. The van der Waals surface area contributed by atoms with Crippen LogP contribution in [0.4, 0.5) is 0 Å². The fraction of sp³-hybridized carbons (Fsp3) is 0.500. The van der Waals surface area contributed by atoms with E-state index in [1.807, 2.05) is 26.0 Å². The lowest BCUT2D eigenvalue weighted by atomic mass is 9.94. The molecule has 94 valence electrons. The molecular formula is C14H20O3. The van der Waals surface area contributed by atoms with Gasteiger partial charge in [0.05, 0.1) is 13.7 Å². The minimum atomic E-state index is -0.298. The molecule has 0 aromatic heterocycles. The number of carbonyl (C=O) groups excluding carboxylic acids is 1. The lowest BCUT2D eigenvalue weighted by Crippen LogP contribution is -2.18. The monoisotopic (exact) mass is 236 g/mol. The van der Waals surface area contributed by atoms with Crippen molar-refractivity contribution in [3.8, 4) is 5.75 Å². The van der Waals surface area contributed by atoms with E-state index >= 15 is 0 Å². The Morgan fingerprint density at radius 3 is 2.59 bits per heavy atom. The molecule has 0 saturated heterocycles. The summed E-state index contributed by atoms with van der Waals surface area (Å²) in [5.74, 6) is 0.515. The van der Waals surface area contributed by atoms with Gasteiger partial charge in [0.25, 0.3) is 0 Å². The van der Waals surface area contributed by atoms with Gasteiger partial charge >= 0.3 is 0 Å². The van der Waals surface area contributed by atoms with Crippen molar-refractivity contribution in [2.45, 2.75) is 26.7 Å². The van der Waals surface area contributed by atoms with Crippen LogP contribution >= 0.6 is 0 Å². The summed E-state index contributed by atoms with van der Waals surface area (Å²) < 4.78 is 5.22. The van der Waals surface area contributed by atoms with Crippen molar-refractivity contribution in [3.63, 3.8) is 0 Å². The van der Waals surface area contributed by atoms with Crippen molar-refractivity contribution >= 4 is 5.78 Å². The highest BCUT2D eigenvalue weighted by molar-refractivity contribution is 5.98. The van der Waals surface area contributed by atoms with Crippen LogP contribution in [0.15, 0.2) is 18.2 Å². The molecule has 3 heteroatoms. The highest BCUT2D eigenvalue weighted by Gasteiger charge is 2.18. The van der Waals surface area contributed by atoms with Crippen molar-refractivity contribution in [1.82, 2.24) is 0 Å². The van der Waals surface area contributed by atoms with Gasteiger partial charge in [0.2, 0.25) is 0 Å². The van der Waals surface area contributed by atoms with E-state index in [0.717, 1.165) is 17.7 Å². The molecule has 3 nitrogen and oxygen atoms in total. The molecule has 1 atom stereocenters. The van der Waals surface area contributed by atoms with Gasteiger partial charge < -0.3 is 9.84 Å². The van der Waals surface area contributed by atoms with Crippen LogP contribution in [-0.4, -0.2) is 24.6 Å². The van der Waals surface area contributed by atoms with E-state index in [2.05, 4.69) is 0 Å². The number of methoxy groups -OCH3 is 1. The molecule has 0 amide bonds. The van der Waals surface area contributed by atoms with Crippen LogP contribution in [0.3, 0.4) is 0 Å². The van der Waals surface area contributed by atoms with Crippen LogP contribution in [0.5, 0.6) is 5.75 Å². The zero-order valence-electron chi connectivity index (χ0n) is 10.7. The molecular weight excluding hydrogens is 216 g/mol. The number of Topliss-reactive ketones (excluding diaryl/α,β-unsaturated/α-hetero) is 1. The molecule has 0 aliphatic heterocycles. The van der Waals surface area contributed by atoms with Crippen LogP contribution in [0.25, 0.3) is 0 Å². The van der Waals surface area contributed by atoms with Crippen LogP contribution in [0, 0.1) is 5.92 Å². The van der Waals surface area contributed by atoms with Crippen LogP contribution in [0.1, 0.15) is 36.2 Å². The SMILES string of the molecule is CCc1cc(C(=O)C(CC)CO)ccc1OC. The van der Waals surface area contributed by atoms with E-state index in [0.29, 0.717) is 12.0 Å². The van der Waals surface area contributed by atoms with Gasteiger partial charge in [-0.3, -0.25) is 4.79 Å². The van der Waals surface area contributed by atoms with E-state index in [9.17, 15) is 4.79 Å². The third kappa shape index (κ3) is 3.07. The first-order valence-electron chi connectivity index (χ1n) is 5.99. The van der Waals surface area contributed by atoms with E-state index < -0.39 is 0 Å². The molecule has 0 heterocycles. The largest absolute Gasteiger partial charge is 0.496 e. The number of ether oxygens (including phenoxy) is 1. The standard InChI is InChI=1S/C14H20O3/c1-4-10-8-12(6-7-13(10)17-3)14(16)11(5-2)9-15/h6-8,11,15H,4-5,9H2,1-3H3. The Balaban J connectivity index is 3.03. The van der Waals surface area contributed by atoms with Crippen LogP contribution < -0.4 is 4.74 Å². The highest BCUT2D eigenvalue weighted by atomic mass is 16.5. The lowest BCUT2D eigenvalue weighted by Gasteiger charge is -2.13. The Morgan fingerprint density at radius 1 is 1.41 bits per heavy atom. The molecule has 0 saturated carbocycles. The van der Waals surface area contributed by atoms with Gasteiger partial charge in [0.1, 0.15) is 5.75 Å². The minimum Gasteiger partial charge on any atom is -0.496 e. The topological polar surface area (TPSA) is 46.5 Å². The van der Waals surface area contributed by atoms with Crippen molar-refractivity contribution < 1.29 is 14.6 Å². The minimum absolute atomic E-state index is 0.00681. The van der Waals surface area contributed by atoms with E-state index in [1.54, 1.807) is 13.2 Å². The number of carbonyl (C=O) groups is 1. The van der Waals surface area contributed by atoms with Crippen molar-refractivity contribution in [2.24, 2.45) is 5.92 Å². The number of hydrogen-bond acceptors (Lipinski definition) is 3. The Hall–Kier alpha value is -1.35. The van der Waals surface area contributed by atoms with E-state index in [4.69, 9.17) is 9.84 Å². The smallest absolute Gasteiger partial charge is 0.168 e. The average molecular weight is 236 g/mol. The summed E-state index contributed by atoms with van der Waals surface area (Å²) in [4.78, 5) is 12.1. The fourth-order valence-electron chi connectivity index (χ4n) is 1.84. The summed E-state index contributed by atoms with van der Waals surface area (Å²) in [5.41, 5.74) is 1.68. The summed E-state index contributed by atoms with van der Waals surface area (Å²) in [6.07, 6.45) is 1.48. The fourth-order valence-corrected chi connectivity index (χ4v) is 1.84. The zero-order chi connectivity index (χ0) is 12.8. The summed E-state index contributed by atoms with van der Waals surface area (Å²) in [6.45, 7) is 3.83. The van der Waals surface area contributed by atoms with Gasteiger partial charge in [-0.2, -0.15) is 0 Å². The second-order valence-corrected chi connectivity index (χ2v) is 4.03. The van der Waals surface area contributed by atoms with E-state index in [-0.39, 0.29) is 18.3 Å². The Bertz CT molecular complexity index is 381. The number of aliphatic hydroxyl groups is 1. The maximum absolute atomic E-state index is 12.1. The normalized spacial score (nSPS) is 12.2. The predicted molar refractivity (Wildman–Crippen MR) is 67.6 cm³/mol. The maximum atomic E-state index is 12.1.